The molecule has 5 nitrogen and oxygen atoms in total. The summed E-state index contributed by atoms with van der Waals surface area (Å²) >= 11 is 3.40. The quantitative estimate of drug-likeness (QED) is 0.500. The second-order valence-corrected chi connectivity index (χ2v) is 6.98. The molecule has 0 saturated carbocycles. The summed E-state index contributed by atoms with van der Waals surface area (Å²) in [5, 5.41) is 12.7. The van der Waals surface area contributed by atoms with E-state index in [1.165, 1.54) is 0 Å². The first-order chi connectivity index (χ1) is 12.7. The number of nitrogens with one attached hydrogen (secondary N) is 2. The van der Waals surface area contributed by atoms with E-state index in [2.05, 4.69) is 37.2 Å². The number of fused-ring (bicyclic) bond motifs is 1. The molecule has 2 N–H and O–H groups in total. The number of anilines is 2. The Hall–Kier alpha value is -2.85. The Balaban J connectivity index is 1.89. The molecule has 0 spiro atoms. The molecular weight excluding hydrogens is 391 g/mol. The summed E-state index contributed by atoms with van der Waals surface area (Å²) < 4.78 is 0.717. The predicted molar refractivity (Wildman–Crippen MR) is 106 cm³/mol. The minimum atomic E-state index is -0.591. The van der Waals surface area contributed by atoms with Gasteiger partial charge in [0.05, 0.1) is 16.9 Å². The lowest BCUT2D eigenvalue weighted by atomic mass is 9.41. The molecule has 26 heavy (non-hydrogen) atoms. The molecule has 7 heteroatoms. The third-order valence-corrected chi connectivity index (χ3v) is 4.97. The first-order valence-corrected chi connectivity index (χ1v) is 9.09. The van der Waals surface area contributed by atoms with Gasteiger partial charge in [0.1, 0.15) is 10.3 Å². The number of benzene rings is 1. The van der Waals surface area contributed by atoms with Crippen LogP contribution in [-0.4, -0.2) is 22.4 Å². The molecule has 0 unspecified atom stereocenters. The highest BCUT2D eigenvalue weighted by molar-refractivity contribution is 9.10. The fraction of sp³-hybridized carbons (Fsp3) is 0.105. The summed E-state index contributed by atoms with van der Waals surface area (Å²) in [5.41, 5.74) is 4.69. The van der Waals surface area contributed by atoms with Crippen molar-refractivity contribution in [3.8, 4) is 17.2 Å². The first-order valence-electron chi connectivity index (χ1n) is 8.30. The fourth-order valence-corrected chi connectivity index (χ4v) is 3.66. The number of hydrogen-bond donors (Lipinski definition) is 2. The van der Waals surface area contributed by atoms with Crippen LogP contribution in [0.5, 0.6) is 0 Å². The van der Waals surface area contributed by atoms with Gasteiger partial charge in [-0.3, -0.25) is 0 Å². The minimum Gasteiger partial charge on any atom is -0.356 e. The third kappa shape index (κ3) is 2.93. The maximum absolute atomic E-state index is 12.9. The number of halogens is 1. The van der Waals surface area contributed by atoms with Gasteiger partial charge < -0.3 is 15.1 Å². The van der Waals surface area contributed by atoms with E-state index >= 15 is 0 Å². The zero-order chi connectivity index (χ0) is 18.1. The monoisotopic (exact) mass is 404 g/mol. The Morgan fingerprint density at radius 3 is 2.81 bits per heavy atom. The van der Waals surface area contributed by atoms with Crippen LogP contribution in [0, 0.1) is 11.2 Å². The topological polar surface area (TPSA) is 81.6 Å². The lowest BCUT2D eigenvalue weighted by Gasteiger charge is -2.15. The lowest BCUT2D eigenvalue weighted by Crippen LogP contribution is -2.30. The maximum Gasteiger partial charge on any atom is 0.351 e. The van der Waals surface area contributed by atoms with Crippen molar-refractivity contribution >= 4 is 39.7 Å². The van der Waals surface area contributed by atoms with E-state index in [9.17, 15) is 10.1 Å². The molecule has 2 aromatic heterocycles. The average Bonchev–Trinajstić information content (AvgIpc) is 3.02. The van der Waals surface area contributed by atoms with Crippen molar-refractivity contribution in [1.82, 2.24) is 9.97 Å². The van der Waals surface area contributed by atoms with Crippen LogP contribution in [-0.2, 0) is 6.42 Å². The summed E-state index contributed by atoms with van der Waals surface area (Å²) in [4.78, 5) is 20.4. The number of nitrogens with zero attached hydrogens (tertiary/aromatic N) is 2. The van der Waals surface area contributed by atoms with Gasteiger partial charge in [0.25, 0.3) is 0 Å². The Labute approximate surface area is 159 Å². The highest BCUT2D eigenvalue weighted by atomic mass is 79.9. The van der Waals surface area contributed by atoms with Crippen molar-refractivity contribution in [3.05, 3.63) is 64.5 Å². The van der Waals surface area contributed by atoms with Gasteiger partial charge in [-0.25, -0.2) is 10.2 Å². The number of rotatable bonds is 3. The standard InChI is InChI=1S/C19H14BBrN4O/c21-15-10-12(7-9-23-15)17-18(24-13-4-2-1-3-5-13)16-14(25-17)6-8-20(11-22)19(16)26/h1-5,7,9-10,24-25H,6,8H2. The molecule has 0 radical (unpaired) electrons. The summed E-state index contributed by atoms with van der Waals surface area (Å²) in [7, 11) is 0. The molecule has 3 aromatic rings. The zero-order valence-corrected chi connectivity index (χ0v) is 15.4. The molecular formula is C19H14BBrN4O. The average molecular weight is 405 g/mol. The highest BCUT2D eigenvalue weighted by Gasteiger charge is 2.36. The van der Waals surface area contributed by atoms with Gasteiger partial charge in [-0.05, 0) is 52.9 Å². The molecule has 1 aromatic carbocycles. The van der Waals surface area contributed by atoms with E-state index in [1.54, 1.807) is 6.20 Å². The largest absolute Gasteiger partial charge is 0.356 e. The van der Waals surface area contributed by atoms with Crippen LogP contribution in [0.15, 0.2) is 53.3 Å². The number of nitriles is 1. The van der Waals surface area contributed by atoms with Crippen molar-refractivity contribution < 1.29 is 4.79 Å². The maximum atomic E-state index is 12.9. The Morgan fingerprint density at radius 2 is 2.08 bits per heavy atom. The van der Waals surface area contributed by atoms with E-state index in [0.29, 0.717) is 24.0 Å². The number of H-pyrrole nitrogens is 1. The van der Waals surface area contributed by atoms with Gasteiger partial charge in [-0.1, -0.05) is 18.2 Å². The van der Waals surface area contributed by atoms with Crippen LogP contribution in [0.1, 0.15) is 16.1 Å². The molecule has 0 bridgehead atoms. The van der Waals surface area contributed by atoms with Crippen molar-refractivity contribution in [1.29, 1.82) is 5.26 Å². The number of aryl methyl sites for hydroxylation is 1. The normalized spacial score (nSPS) is 13.2. The molecule has 0 fully saturated rings. The summed E-state index contributed by atoms with van der Waals surface area (Å²) in [6.45, 7) is -0.591. The molecule has 0 aliphatic carbocycles. The smallest absolute Gasteiger partial charge is 0.351 e. The lowest BCUT2D eigenvalue weighted by molar-refractivity contribution is 0.107. The Kier molecular flexibility index (Phi) is 4.35. The highest BCUT2D eigenvalue weighted by Crippen LogP contribution is 2.39. The van der Waals surface area contributed by atoms with Crippen molar-refractivity contribution in [2.75, 3.05) is 5.32 Å². The molecule has 1 aliphatic rings. The second-order valence-electron chi connectivity index (χ2n) is 6.17. The fourth-order valence-electron chi connectivity index (χ4n) is 3.29. The molecule has 126 valence electrons. The van der Waals surface area contributed by atoms with Crippen LogP contribution < -0.4 is 5.32 Å². The molecule has 0 amide bonds. The number of carbonyl (C=O) groups is 1. The summed E-state index contributed by atoms with van der Waals surface area (Å²) in [5.74, 6) is 2.14. The predicted octanol–water partition coefficient (Wildman–Crippen LogP) is 4.42. The minimum absolute atomic E-state index is 0.122. The number of carbonyl (C=O) groups excluding carboxylic acids is 1. The van der Waals surface area contributed by atoms with E-state index in [1.807, 2.05) is 42.5 Å². The van der Waals surface area contributed by atoms with E-state index in [0.717, 1.165) is 27.2 Å². The molecule has 1 aliphatic heterocycles. The van der Waals surface area contributed by atoms with E-state index < -0.39 is 6.71 Å². The molecule has 0 saturated heterocycles. The van der Waals surface area contributed by atoms with E-state index in [-0.39, 0.29) is 5.68 Å². The summed E-state index contributed by atoms with van der Waals surface area (Å²) in [6.07, 6.45) is 2.94. The van der Waals surface area contributed by atoms with E-state index in [4.69, 9.17) is 0 Å². The SMILES string of the molecule is N#CB1CCc2[nH]c(-c3ccnc(Br)c3)c(Nc3ccccc3)c2C1=O. The zero-order valence-electron chi connectivity index (χ0n) is 13.8. The van der Waals surface area contributed by atoms with Crippen molar-refractivity contribution in [3.63, 3.8) is 0 Å². The molecule has 4 rings (SSSR count). The molecule has 0 atom stereocenters. The van der Waals surface area contributed by atoms with Gasteiger partial charge in [-0.15, -0.1) is 0 Å². The summed E-state index contributed by atoms with van der Waals surface area (Å²) in [6, 6.07) is 13.5. The van der Waals surface area contributed by atoms with Crippen molar-refractivity contribution in [2.24, 2.45) is 0 Å². The van der Waals surface area contributed by atoms with Crippen LogP contribution >= 0.6 is 15.9 Å². The van der Waals surface area contributed by atoms with Crippen molar-refractivity contribution in [2.45, 2.75) is 12.7 Å². The number of aromatic nitrogens is 2. The number of para-hydroxylation sites is 1. The van der Waals surface area contributed by atoms with Gasteiger partial charge >= 0.3 is 6.71 Å². The Bertz CT molecular complexity index is 1030. The number of pyridine rings is 1. The first kappa shape index (κ1) is 16.6. The Morgan fingerprint density at radius 1 is 1.27 bits per heavy atom. The van der Waals surface area contributed by atoms with Gasteiger partial charge in [0.15, 0.2) is 0 Å². The van der Waals surface area contributed by atoms with Gasteiger partial charge in [-0.2, -0.15) is 0 Å². The third-order valence-electron chi connectivity index (χ3n) is 4.54. The second kappa shape index (κ2) is 6.81. The van der Waals surface area contributed by atoms with Crippen LogP contribution in [0.4, 0.5) is 11.4 Å². The van der Waals surface area contributed by atoms with Gasteiger partial charge in [0, 0.05) is 29.1 Å². The number of hydrogen-bond acceptors (Lipinski definition) is 4. The van der Waals surface area contributed by atoms with Gasteiger partial charge in [0.2, 0.25) is 0 Å². The van der Waals surface area contributed by atoms with Crippen LogP contribution in [0.2, 0.25) is 6.32 Å². The van der Waals surface area contributed by atoms with Crippen LogP contribution in [0.25, 0.3) is 11.3 Å². The van der Waals surface area contributed by atoms with Crippen LogP contribution in [0.3, 0.4) is 0 Å². The number of aromatic amines is 1. The molecule has 3 heterocycles.